The topological polar surface area (TPSA) is 22.1 Å². The Bertz CT molecular complexity index is 1250. The number of ether oxygens (including phenoxy) is 1. The number of nitrogens with zero attached hydrogens (tertiary/aromatic N) is 1. The highest BCUT2D eigenvalue weighted by Crippen LogP contribution is 2.54. The third kappa shape index (κ3) is 1.88. The number of hydrogen-bond acceptors (Lipinski definition) is 2. The molecule has 0 spiro atoms. The molecule has 2 heteroatoms. The van der Waals surface area contributed by atoms with E-state index in [-0.39, 0.29) is 5.41 Å². The molecule has 0 saturated heterocycles. The number of hydrogen-bond donors (Lipinski definition) is 0. The van der Waals surface area contributed by atoms with Gasteiger partial charge in [-0.05, 0) is 51.2 Å². The van der Waals surface area contributed by atoms with Gasteiger partial charge in [-0.1, -0.05) is 56.3 Å². The van der Waals surface area contributed by atoms with E-state index in [1.807, 2.05) is 12.3 Å². The summed E-state index contributed by atoms with van der Waals surface area (Å²) in [6.07, 6.45) is 1.90. The molecule has 1 aliphatic carbocycles. The molecular weight excluding hydrogens is 330 g/mol. The Hall–Kier alpha value is -3.13. The van der Waals surface area contributed by atoms with Crippen LogP contribution in [0.2, 0.25) is 0 Å². The van der Waals surface area contributed by atoms with E-state index in [1.165, 1.54) is 44.2 Å². The van der Waals surface area contributed by atoms with Crippen molar-refractivity contribution in [3.63, 3.8) is 0 Å². The summed E-state index contributed by atoms with van der Waals surface area (Å²) >= 11 is 0. The van der Waals surface area contributed by atoms with E-state index in [2.05, 4.69) is 68.4 Å². The van der Waals surface area contributed by atoms with E-state index >= 15 is 0 Å². The summed E-state index contributed by atoms with van der Waals surface area (Å²) in [5.41, 5.74) is 8.79. The number of benzene rings is 3. The van der Waals surface area contributed by atoms with Crippen LogP contribution < -0.4 is 4.74 Å². The van der Waals surface area contributed by atoms with Crippen LogP contribution in [0.15, 0.2) is 66.9 Å². The van der Waals surface area contributed by atoms with Crippen molar-refractivity contribution < 1.29 is 4.74 Å². The molecule has 0 fully saturated rings. The van der Waals surface area contributed by atoms with E-state index in [0.717, 1.165) is 11.4 Å². The predicted octanol–water partition coefficient (Wildman–Crippen LogP) is 6.10. The molecule has 0 saturated carbocycles. The Morgan fingerprint density at radius 2 is 1.70 bits per heavy atom. The quantitative estimate of drug-likeness (QED) is 0.383. The second-order valence-corrected chi connectivity index (χ2v) is 8.03. The Labute approximate surface area is 158 Å². The molecule has 2 nitrogen and oxygen atoms in total. The lowest BCUT2D eigenvalue weighted by Crippen LogP contribution is -2.19. The maximum Gasteiger partial charge on any atom is 0.128 e. The van der Waals surface area contributed by atoms with E-state index in [0.29, 0.717) is 6.61 Å². The van der Waals surface area contributed by atoms with Crippen LogP contribution >= 0.6 is 0 Å². The van der Waals surface area contributed by atoms with E-state index in [9.17, 15) is 0 Å². The van der Waals surface area contributed by atoms with Gasteiger partial charge in [-0.3, -0.25) is 4.98 Å². The van der Waals surface area contributed by atoms with Gasteiger partial charge in [0.2, 0.25) is 0 Å². The number of fused-ring (bicyclic) bond motifs is 8. The minimum absolute atomic E-state index is 0.0788. The third-order valence-electron chi connectivity index (χ3n) is 6.15. The first-order chi connectivity index (χ1) is 13.1. The fourth-order valence-electron chi connectivity index (χ4n) is 4.87. The summed E-state index contributed by atoms with van der Waals surface area (Å²) in [5.74, 6) is 0.981. The molecule has 130 valence electrons. The summed E-state index contributed by atoms with van der Waals surface area (Å²) in [6.45, 7) is 5.25. The fraction of sp³-hybridized carbons (Fsp3) is 0.160. The van der Waals surface area contributed by atoms with E-state index < -0.39 is 0 Å². The number of pyridine rings is 1. The highest BCUT2D eigenvalue weighted by molar-refractivity contribution is 5.96. The molecular formula is C25H19NO. The average molecular weight is 349 g/mol. The van der Waals surface area contributed by atoms with E-state index in [1.54, 1.807) is 0 Å². The van der Waals surface area contributed by atoms with Crippen molar-refractivity contribution in [2.75, 3.05) is 0 Å². The van der Waals surface area contributed by atoms with Gasteiger partial charge in [-0.2, -0.15) is 0 Å². The van der Waals surface area contributed by atoms with Crippen molar-refractivity contribution >= 4 is 10.8 Å². The number of rotatable bonds is 0. The van der Waals surface area contributed by atoms with Gasteiger partial charge in [0.25, 0.3) is 0 Å². The van der Waals surface area contributed by atoms with Gasteiger partial charge in [0.1, 0.15) is 12.4 Å². The van der Waals surface area contributed by atoms with Crippen molar-refractivity contribution in [2.45, 2.75) is 25.9 Å². The predicted molar refractivity (Wildman–Crippen MR) is 109 cm³/mol. The van der Waals surface area contributed by atoms with Crippen LogP contribution in [0.1, 0.15) is 30.5 Å². The van der Waals surface area contributed by atoms with Gasteiger partial charge in [-0.25, -0.2) is 0 Å². The van der Waals surface area contributed by atoms with E-state index in [4.69, 9.17) is 9.72 Å². The molecule has 0 bridgehead atoms. The lowest BCUT2D eigenvalue weighted by molar-refractivity contribution is 0.302. The molecule has 0 radical (unpaired) electrons. The maximum absolute atomic E-state index is 6.15. The lowest BCUT2D eigenvalue weighted by Gasteiger charge is -2.29. The van der Waals surface area contributed by atoms with Crippen molar-refractivity contribution in [3.05, 3.63) is 83.6 Å². The largest absolute Gasteiger partial charge is 0.488 e. The van der Waals surface area contributed by atoms with Gasteiger partial charge in [0, 0.05) is 22.7 Å². The first-order valence-corrected chi connectivity index (χ1v) is 9.43. The van der Waals surface area contributed by atoms with Crippen LogP contribution in [0.4, 0.5) is 0 Å². The van der Waals surface area contributed by atoms with Crippen LogP contribution in [0.25, 0.3) is 33.2 Å². The zero-order valence-corrected chi connectivity index (χ0v) is 15.4. The number of aromatic nitrogens is 1. The maximum atomic E-state index is 6.15. The van der Waals surface area contributed by atoms with Crippen LogP contribution in [0, 0.1) is 0 Å². The lowest BCUT2D eigenvalue weighted by atomic mass is 9.77. The van der Waals surface area contributed by atoms with Crippen molar-refractivity contribution in [3.8, 4) is 28.1 Å². The van der Waals surface area contributed by atoms with Gasteiger partial charge >= 0.3 is 0 Å². The first kappa shape index (κ1) is 15.0. The van der Waals surface area contributed by atoms with Gasteiger partial charge in [0.15, 0.2) is 0 Å². The molecule has 3 aromatic carbocycles. The minimum Gasteiger partial charge on any atom is -0.488 e. The monoisotopic (exact) mass is 349 g/mol. The molecule has 0 unspecified atom stereocenters. The minimum atomic E-state index is -0.0788. The molecule has 2 heterocycles. The molecule has 0 atom stereocenters. The molecule has 0 N–H and O–H groups in total. The van der Waals surface area contributed by atoms with Crippen molar-refractivity contribution in [1.82, 2.24) is 4.98 Å². The molecule has 2 aliphatic rings. The Morgan fingerprint density at radius 1 is 0.889 bits per heavy atom. The smallest absolute Gasteiger partial charge is 0.128 e. The van der Waals surface area contributed by atoms with Crippen LogP contribution in [0.5, 0.6) is 5.75 Å². The standard InChI is InChI=1S/C25H19NO/c1-25(2)20-8-5-11-26-24(20)18-10-9-17-14-27-21-13-16-7-4-3-6-15(16)12-19(21)22(17)23(18)25/h3-13H,14H2,1-2H3. The zero-order chi connectivity index (χ0) is 18.2. The van der Waals surface area contributed by atoms with Crippen molar-refractivity contribution in [2.24, 2.45) is 0 Å². The van der Waals surface area contributed by atoms with Crippen molar-refractivity contribution in [1.29, 1.82) is 0 Å². The van der Waals surface area contributed by atoms with Gasteiger partial charge in [0.05, 0.1) is 5.69 Å². The van der Waals surface area contributed by atoms with Crippen LogP contribution in [-0.4, -0.2) is 4.98 Å². The molecule has 1 aromatic heterocycles. The zero-order valence-electron chi connectivity index (χ0n) is 15.4. The van der Waals surface area contributed by atoms with Crippen LogP contribution in [0.3, 0.4) is 0 Å². The highest BCUT2D eigenvalue weighted by Gasteiger charge is 2.40. The summed E-state index contributed by atoms with van der Waals surface area (Å²) in [7, 11) is 0. The summed E-state index contributed by atoms with van der Waals surface area (Å²) in [4.78, 5) is 4.72. The Kier molecular flexibility index (Phi) is 2.76. The van der Waals surface area contributed by atoms with Gasteiger partial charge < -0.3 is 4.74 Å². The Morgan fingerprint density at radius 3 is 2.56 bits per heavy atom. The second-order valence-electron chi connectivity index (χ2n) is 8.03. The van der Waals surface area contributed by atoms with Crippen LogP contribution in [-0.2, 0) is 12.0 Å². The normalized spacial score (nSPS) is 15.5. The summed E-state index contributed by atoms with van der Waals surface area (Å²) < 4.78 is 6.15. The Balaban J connectivity index is 1.72. The molecule has 0 amide bonds. The summed E-state index contributed by atoms with van der Waals surface area (Å²) in [6, 6.07) is 21.7. The molecule has 27 heavy (non-hydrogen) atoms. The highest BCUT2D eigenvalue weighted by atomic mass is 16.5. The molecule has 4 aromatic rings. The molecule has 1 aliphatic heterocycles. The first-order valence-electron chi connectivity index (χ1n) is 9.43. The average Bonchev–Trinajstić information content (AvgIpc) is 2.94. The SMILES string of the molecule is CC1(C)c2cccnc2-c2ccc3c(c21)-c1cc2ccccc2cc1OC3. The molecule has 6 rings (SSSR count). The summed E-state index contributed by atoms with van der Waals surface area (Å²) in [5, 5.41) is 2.47. The third-order valence-corrected chi connectivity index (χ3v) is 6.15. The second kappa shape index (κ2) is 4.98. The van der Waals surface area contributed by atoms with Gasteiger partial charge in [-0.15, -0.1) is 0 Å². The fourth-order valence-corrected chi connectivity index (χ4v) is 4.87.